The number of alkyl halides is 3. The predicted octanol–water partition coefficient (Wildman–Crippen LogP) is 2.27. The summed E-state index contributed by atoms with van der Waals surface area (Å²) < 4.78 is 41.1. The van der Waals surface area contributed by atoms with Crippen LogP contribution in [0.5, 0.6) is 0 Å². The number of carbonyl (C=O) groups is 1. The van der Waals surface area contributed by atoms with Crippen molar-refractivity contribution in [1.29, 1.82) is 0 Å². The molecule has 0 fully saturated rings. The molecule has 1 atom stereocenters. The van der Waals surface area contributed by atoms with Crippen LogP contribution in [0.15, 0.2) is 36.7 Å². The highest BCUT2D eigenvalue weighted by Gasteiger charge is 2.40. The molecule has 0 aliphatic carbocycles. The Morgan fingerprint density at radius 2 is 2.00 bits per heavy atom. The third-order valence-corrected chi connectivity index (χ3v) is 3.43. The van der Waals surface area contributed by atoms with Crippen LogP contribution in [0.3, 0.4) is 0 Å². The van der Waals surface area contributed by atoms with Gasteiger partial charge in [0.05, 0.1) is 6.54 Å². The Kier molecular flexibility index (Phi) is 5.78. The first-order chi connectivity index (χ1) is 11.4. The molecule has 0 spiro atoms. The number of urea groups is 1. The van der Waals surface area contributed by atoms with Gasteiger partial charge < -0.3 is 15.2 Å². The second-order valence-corrected chi connectivity index (χ2v) is 5.14. The molecule has 1 aromatic carbocycles. The van der Waals surface area contributed by atoms with Crippen LogP contribution in [0, 0.1) is 0 Å². The lowest BCUT2D eigenvalue weighted by Crippen LogP contribution is -2.50. The van der Waals surface area contributed by atoms with Crippen LogP contribution in [0.1, 0.15) is 18.3 Å². The van der Waals surface area contributed by atoms with Gasteiger partial charge in [0.2, 0.25) is 0 Å². The average molecular weight is 341 g/mol. The molecule has 24 heavy (non-hydrogen) atoms. The smallest absolute Gasteiger partial charge is 0.331 e. The summed E-state index contributed by atoms with van der Waals surface area (Å²) >= 11 is 0. The van der Waals surface area contributed by atoms with Gasteiger partial charge in [0, 0.05) is 13.0 Å². The zero-order valence-electron chi connectivity index (χ0n) is 13.0. The van der Waals surface area contributed by atoms with E-state index in [1.807, 2.05) is 12.2 Å². The molecule has 1 aromatic heterocycles. The Labute approximate surface area is 137 Å². The maximum atomic E-state index is 13.1. The molecule has 2 N–H and O–H groups in total. The van der Waals surface area contributed by atoms with E-state index in [1.165, 1.54) is 6.33 Å². The number of aromatic nitrogens is 3. The van der Waals surface area contributed by atoms with Crippen LogP contribution < -0.4 is 10.6 Å². The highest BCUT2D eigenvalue weighted by molar-refractivity contribution is 5.74. The third kappa shape index (κ3) is 4.97. The van der Waals surface area contributed by atoms with Gasteiger partial charge in [-0.25, -0.2) is 4.79 Å². The van der Waals surface area contributed by atoms with Gasteiger partial charge in [0.25, 0.3) is 0 Å². The highest BCUT2D eigenvalue weighted by atomic mass is 19.4. The van der Waals surface area contributed by atoms with E-state index in [2.05, 4.69) is 15.5 Å². The number of aryl methyl sites for hydroxylation is 1. The predicted molar refractivity (Wildman–Crippen MR) is 81.1 cm³/mol. The van der Waals surface area contributed by atoms with Crippen molar-refractivity contribution < 1.29 is 18.0 Å². The third-order valence-electron chi connectivity index (χ3n) is 3.43. The lowest BCUT2D eigenvalue weighted by Gasteiger charge is -2.22. The van der Waals surface area contributed by atoms with Crippen LogP contribution in [0.4, 0.5) is 18.0 Å². The summed E-state index contributed by atoms with van der Waals surface area (Å²) in [5, 5.41) is 11.8. The van der Waals surface area contributed by atoms with E-state index in [9.17, 15) is 18.0 Å². The summed E-state index contributed by atoms with van der Waals surface area (Å²) in [5.41, 5.74) is 0.492. The number of benzene rings is 1. The van der Waals surface area contributed by atoms with E-state index in [0.29, 0.717) is 17.9 Å². The van der Waals surface area contributed by atoms with E-state index in [4.69, 9.17) is 0 Å². The van der Waals surface area contributed by atoms with Crippen molar-refractivity contribution in [3.05, 3.63) is 48.0 Å². The largest absolute Gasteiger partial charge is 0.408 e. The molecule has 1 heterocycles. The standard InChI is InChI=1S/C15H18F3N5O/c1-2-23-10-20-22-13(23)9-19-14(24)21-12(15(16,17)18)8-11-6-4-3-5-7-11/h3-7,10,12H,2,8-9H2,1H3,(H2,19,21,24). The first-order valence-corrected chi connectivity index (χ1v) is 7.41. The first-order valence-electron chi connectivity index (χ1n) is 7.41. The van der Waals surface area contributed by atoms with Gasteiger partial charge in [0.15, 0.2) is 5.82 Å². The van der Waals surface area contributed by atoms with Gasteiger partial charge in [-0.3, -0.25) is 0 Å². The van der Waals surface area contributed by atoms with Gasteiger partial charge >= 0.3 is 12.2 Å². The fraction of sp³-hybridized carbons (Fsp3) is 0.400. The molecule has 9 heteroatoms. The Morgan fingerprint density at radius 1 is 1.29 bits per heavy atom. The molecule has 0 radical (unpaired) electrons. The molecular weight excluding hydrogens is 323 g/mol. The van der Waals surface area contributed by atoms with E-state index >= 15 is 0 Å². The van der Waals surface area contributed by atoms with E-state index in [0.717, 1.165) is 0 Å². The molecule has 0 saturated carbocycles. The van der Waals surface area contributed by atoms with Crippen molar-refractivity contribution in [2.45, 2.75) is 38.7 Å². The molecule has 0 aliphatic heterocycles. The van der Waals surface area contributed by atoms with Crippen LogP contribution in [-0.4, -0.2) is 33.0 Å². The van der Waals surface area contributed by atoms with Crippen LogP contribution in [0.2, 0.25) is 0 Å². The monoisotopic (exact) mass is 341 g/mol. The Morgan fingerprint density at radius 3 is 2.62 bits per heavy atom. The molecule has 2 amide bonds. The number of hydrogen-bond acceptors (Lipinski definition) is 3. The topological polar surface area (TPSA) is 71.8 Å². The summed E-state index contributed by atoms with van der Waals surface area (Å²) in [6, 6.07) is 5.32. The molecule has 6 nitrogen and oxygen atoms in total. The normalized spacial score (nSPS) is 12.7. The minimum absolute atomic E-state index is 0.00438. The quantitative estimate of drug-likeness (QED) is 0.847. The summed E-state index contributed by atoms with van der Waals surface area (Å²) in [6.45, 7) is 2.47. The molecule has 1 unspecified atom stereocenters. The Hall–Kier alpha value is -2.58. The lowest BCUT2D eigenvalue weighted by molar-refractivity contribution is -0.152. The maximum Gasteiger partial charge on any atom is 0.408 e. The minimum atomic E-state index is -4.55. The molecule has 2 aromatic rings. The zero-order valence-corrected chi connectivity index (χ0v) is 13.0. The van der Waals surface area contributed by atoms with Gasteiger partial charge in [-0.05, 0) is 12.5 Å². The number of nitrogens with one attached hydrogen (secondary N) is 2. The van der Waals surface area contributed by atoms with Crippen LogP contribution >= 0.6 is 0 Å². The first kappa shape index (κ1) is 17.8. The van der Waals surface area contributed by atoms with Gasteiger partial charge in [0.1, 0.15) is 12.4 Å². The van der Waals surface area contributed by atoms with Crippen molar-refractivity contribution in [2.24, 2.45) is 0 Å². The van der Waals surface area contributed by atoms with Crippen molar-refractivity contribution in [3.63, 3.8) is 0 Å². The number of carbonyl (C=O) groups excluding carboxylic acids is 1. The Bertz CT molecular complexity index is 657. The number of nitrogens with zero attached hydrogens (tertiary/aromatic N) is 3. The maximum absolute atomic E-state index is 13.1. The van der Waals surface area contributed by atoms with Crippen molar-refractivity contribution in [3.8, 4) is 0 Å². The lowest BCUT2D eigenvalue weighted by atomic mass is 10.1. The minimum Gasteiger partial charge on any atom is -0.331 e. The van der Waals surface area contributed by atoms with E-state index in [-0.39, 0.29) is 13.0 Å². The molecule has 2 rings (SSSR count). The summed E-state index contributed by atoms with van der Waals surface area (Å²) in [5.74, 6) is 0.472. The number of hydrogen-bond donors (Lipinski definition) is 2. The zero-order chi connectivity index (χ0) is 17.6. The molecule has 130 valence electrons. The number of amides is 2. The fourth-order valence-electron chi connectivity index (χ4n) is 2.15. The van der Waals surface area contributed by atoms with E-state index < -0.39 is 18.2 Å². The number of rotatable bonds is 6. The summed E-state index contributed by atoms with van der Waals surface area (Å²) in [7, 11) is 0. The van der Waals surface area contributed by atoms with Gasteiger partial charge in [-0.1, -0.05) is 30.3 Å². The Balaban J connectivity index is 1.95. The molecule has 0 bridgehead atoms. The van der Waals surface area contributed by atoms with Crippen molar-refractivity contribution >= 4 is 6.03 Å². The fourth-order valence-corrected chi connectivity index (χ4v) is 2.15. The SMILES string of the molecule is CCn1cnnc1CNC(=O)NC(Cc1ccccc1)C(F)(F)F. The summed E-state index contributed by atoms with van der Waals surface area (Å²) in [6.07, 6.45) is -3.39. The second-order valence-electron chi connectivity index (χ2n) is 5.14. The average Bonchev–Trinajstić information content (AvgIpc) is 3.00. The molecule has 0 saturated heterocycles. The summed E-state index contributed by atoms with van der Waals surface area (Å²) in [4.78, 5) is 11.8. The van der Waals surface area contributed by atoms with E-state index in [1.54, 1.807) is 34.9 Å². The van der Waals surface area contributed by atoms with Crippen molar-refractivity contribution in [2.75, 3.05) is 0 Å². The van der Waals surface area contributed by atoms with Crippen molar-refractivity contribution in [1.82, 2.24) is 25.4 Å². The highest BCUT2D eigenvalue weighted by Crippen LogP contribution is 2.23. The van der Waals surface area contributed by atoms with Crippen LogP contribution in [-0.2, 0) is 19.5 Å². The molecule has 0 aliphatic rings. The van der Waals surface area contributed by atoms with Crippen LogP contribution in [0.25, 0.3) is 0 Å². The van der Waals surface area contributed by atoms with Gasteiger partial charge in [-0.2, -0.15) is 13.2 Å². The molecular formula is C15H18F3N5O. The number of halogens is 3. The second kappa shape index (κ2) is 7.80. The van der Waals surface area contributed by atoms with Gasteiger partial charge in [-0.15, -0.1) is 10.2 Å².